The summed E-state index contributed by atoms with van der Waals surface area (Å²) in [6.45, 7) is 8.20. The summed E-state index contributed by atoms with van der Waals surface area (Å²) in [6, 6.07) is 13.8. The van der Waals surface area contributed by atoms with E-state index in [0.717, 1.165) is 37.1 Å². The molecule has 3 heterocycles. The summed E-state index contributed by atoms with van der Waals surface area (Å²) in [6.07, 6.45) is 3.40. The Morgan fingerprint density at radius 1 is 1.13 bits per heavy atom. The number of aryl methyl sites for hydroxylation is 2. The molecule has 4 atom stereocenters. The smallest absolute Gasteiger partial charge is 0.151 e. The lowest BCUT2D eigenvalue weighted by molar-refractivity contribution is -0.0910. The molecule has 1 saturated heterocycles. The topological polar surface area (TPSA) is 25.4 Å². The largest absolute Gasteiger partial charge is 0.483 e. The Kier molecular flexibility index (Phi) is 3.03. The Morgan fingerprint density at radius 3 is 2.83 bits per heavy atom. The van der Waals surface area contributed by atoms with Crippen molar-refractivity contribution < 1.29 is 4.74 Å². The summed E-state index contributed by atoms with van der Waals surface area (Å²) >= 11 is 0. The van der Waals surface area contributed by atoms with Crippen LogP contribution >= 0.6 is 0 Å². The average Bonchev–Trinajstić information content (AvgIpc) is 3.09. The molecular weight excluding hydrogens is 368 g/mol. The number of aromatic nitrogens is 1. The third-order valence-corrected chi connectivity index (χ3v) is 9.23. The van der Waals surface area contributed by atoms with Gasteiger partial charge in [0.15, 0.2) is 6.10 Å². The Hall–Kier alpha value is -2.39. The van der Waals surface area contributed by atoms with Gasteiger partial charge in [0.25, 0.3) is 0 Å². The maximum absolute atomic E-state index is 6.96. The van der Waals surface area contributed by atoms with Crippen LogP contribution in [0, 0.1) is 19.3 Å². The van der Waals surface area contributed by atoms with Crippen molar-refractivity contribution in [3.63, 3.8) is 0 Å². The second-order valence-corrected chi connectivity index (χ2v) is 10.4. The zero-order chi connectivity index (χ0) is 20.4. The van der Waals surface area contributed by atoms with Crippen LogP contribution < -0.4 is 4.74 Å². The Bertz CT molecular complexity index is 1260. The molecule has 0 saturated carbocycles. The Morgan fingerprint density at radius 2 is 1.97 bits per heavy atom. The molecule has 3 aromatic rings. The first-order valence-electron chi connectivity index (χ1n) is 11.3. The van der Waals surface area contributed by atoms with Crippen LogP contribution in [0.1, 0.15) is 53.0 Å². The molecule has 4 aliphatic rings. The first kappa shape index (κ1) is 17.3. The number of likely N-dealkylation sites (N-methyl/N-ethyl adjacent to an activating group) is 1. The monoisotopic (exact) mass is 396 g/mol. The lowest BCUT2D eigenvalue weighted by atomic mass is 9.44. The number of pyridine rings is 1. The van der Waals surface area contributed by atoms with Crippen LogP contribution in [0.3, 0.4) is 0 Å². The minimum Gasteiger partial charge on any atom is -0.483 e. The fourth-order valence-corrected chi connectivity index (χ4v) is 7.71. The van der Waals surface area contributed by atoms with E-state index in [9.17, 15) is 0 Å². The van der Waals surface area contributed by atoms with Crippen molar-refractivity contribution in [2.24, 2.45) is 5.41 Å². The number of hydrogen-bond donors (Lipinski definition) is 0. The fourth-order valence-electron chi connectivity index (χ4n) is 7.71. The van der Waals surface area contributed by atoms with Crippen molar-refractivity contribution >= 4 is 10.9 Å². The molecule has 2 aliphatic heterocycles. The molecule has 1 aromatic heterocycles. The van der Waals surface area contributed by atoms with Gasteiger partial charge in [-0.15, -0.1) is 0 Å². The van der Waals surface area contributed by atoms with Gasteiger partial charge in [0, 0.05) is 22.4 Å². The molecule has 0 radical (unpaired) electrons. The molecular formula is C27H28N2O. The molecule has 2 aromatic carbocycles. The number of benzene rings is 2. The summed E-state index contributed by atoms with van der Waals surface area (Å²) in [5.74, 6) is 1.16. The molecule has 2 bridgehead atoms. The van der Waals surface area contributed by atoms with Crippen LogP contribution in [0.4, 0.5) is 0 Å². The number of fused-ring (bicyclic) bond motifs is 3. The van der Waals surface area contributed by atoms with Gasteiger partial charge in [-0.2, -0.15) is 0 Å². The normalized spacial score (nSPS) is 33.2. The average molecular weight is 397 g/mol. The van der Waals surface area contributed by atoms with E-state index < -0.39 is 0 Å². The molecule has 3 nitrogen and oxygen atoms in total. The number of rotatable bonds is 0. The molecule has 0 unspecified atom stereocenters. The van der Waals surface area contributed by atoms with Crippen molar-refractivity contribution in [2.75, 3.05) is 13.6 Å². The first-order valence-corrected chi connectivity index (χ1v) is 11.3. The Labute approximate surface area is 178 Å². The van der Waals surface area contributed by atoms with E-state index in [2.05, 4.69) is 69.1 Å². The maximum Gasteiger partial charge on any atom is 0.151 e. The first-order chi connectivity index (χ1) is 14.5. The molecule has 1 spiro atoms. The number of likely N-dealkylation sites (tertiary alicyclic amines) is 1. The van der Waals surface area contributed by atoms with E-state index in [-0.39, 0.29) is 16.9 Å². The second-order valence-electron chi connectivity index (χ2n) is 10.4. The molecule has 0 N–H and O–H groups in total. The molecule has 7 rings (SSSR count). The van der Waals surface area contributed by atoms with Gasteiger partial charge in [0.05, 0.1) is 16.6 Å². The molecule has 1 fully saturated rings. The predicted molar refractivity (Wildman–Crippen MR) is 119 cm³/mol. The van der Waals surface area contributed by atoms with E-state index in [0.29, 0.717) is 6.04 Å². The van der Waals surface area contributed by atoms with Crippen LogP contribution in [0.15, 0.2) is 36.4 Å². The highest BCUT2D eigenvalue weighted by Crippen LogP contribution is 2.71. The summed E-state index contributed by atoms with van der Waals surface area (Å²) in [5.41, 5.74) is 9.63. The van der Waals surface area contributed by atoms with Crippen molar-refractivity contribution in [1.29, 1.82) is 0 Å². The molecule has 2 aliphatic carbocycles. The number of ether oxygens (including phenoxy) is 1. The predicted octanol–water partition coefficient (Wildman–Crippen LogP) is 5.05. The summed E-state index contributed by atoms with van der Waals surface area (Å²) in [4.78, 5) is 7.90. The number of hydrogen-bond acceptors (Lipinski definition) is 3. The van der Waals surface area contributed by atoms with Crippen molar-refractivity contribution in [2.45, 2.75) is 57.6 Å². The lowest BCUT2D eigenvalue weighted by Crippen LogP contribution is -2.68. The van der Waals surface area contributed by atoms with Crippen LogP contribution in [0.25, 0.3) is 10.9 Å². The zero-order valence-electron chi connectivity index (χ0n) is 18.2. The third-order valence-electron chi connectivity index (χ3n) is 9.23. The van der Waals surface area contributed by atoms with E-state index in [1.54, 1.807) is 0 Å². The van der Waals surface area contributed by atoms with Crippen LogP contribution in [-0.4, -0.2) is 29.5 Å². The van der Waals surface area contributed by atoms with Crippen molar-refractivity contribution in [3.05, 3.63) is 69.9 Å². The lowest BCUT2D eigenvalue weighted by Gasteiger charge is -2.64. The standard InChI is InChI=1S/C27H28N2O/c1-15-9-10-17-13-21-26(3)14-19-16(2)18-7-5-6-8-20(18)28-23(19)25-27(26,11-12-29(21)4)22(17)24(15)30-25/h5-10,21,25H,11-14H2,1-4H3/t21-,25+,26+,27+/m1/s1. The van der Waals surface area contributed by atoms with Gasteiger partial charge in [0.1, 0.15) is 5.75 Å². The van der Waals surface area contributed by atoms with Crippen molar-refractivity contribution in [1.82, 2.24) is 9.88 Å². The molecule has 3 heteroatoms. The van der Waals surface area contributed by atoms with Crippen LogP contribution in [0.5, 0.6) is 5.75 Å². The summed E-state index contributed by atoms with van der Waals surface area (Å²) in [5, 5.41) is 1.29. The van der Waals surface area contributed by atoms with E-state index in [1.165, 1.54) is 38.9 Å². The van der Waals surface area contributed by atoms with Gasteiger partial charge < -0.3 is 9.64 Å². The van der Waals surface area contributed by atoms with Gasteiger partial charge in [0.2, 0.25) is 0 Å². The highest BCUT2D eigenvalue weighted by Gasteiger charge is 2.70. The van der Waals surface area contributed by atoms with Gasteiger partial charge in [-0.05, 0) is 75.0 Å². The van der Waals surface area contributed by atoms with Crippen LogP contribution in [0.2, 0.25) is 0 Å². The number of piperidine rings is 1. The third kappa shape index (κ3) is 1.70. The van der Waals surface area contributed by atoms with E-state index in [4.69, 9.17) is 9.72 Å². The second kappa shape index (κ2) is 5.26. The summed E-state index contributed by atoms with van der Waals surface area (Å²) < 4.78 is 6.96. The van der Waals surface area contributed by atoms with Gasteiger partial charge in [-0.25, -0.2) is 4.98 Å². The highest BCUT2D eigenvalue weighted by molar-refractivity contribution is 5.84. The van der Waals surface area contributed by atoms with Gasteiger partial charge in [-0.3, -0.25) is 0 Å². The molecule has 152 valence electrons. The maximum atomic E-state index is 6.96. The number of nitrogens with zero attached hydrogens (tertiary/aromatic N) is 2. The van der Waals surface area contributed by atoms with Gasteiger partial charge >= 0.3 is 0 Å². The zero-order valence-corrected chi connectivity index (χ0v) is 18.2. The van der Waals surface area contributed by atoms with Gasteiger partial charge in [-0.1, -0.05) is 37.3 Å². The molecule has 30 heavy (non-hydrogen) atoms. The molecule has 0 amide bonds. The summed E-state index contributed by atoms with van der Waals surface area (Å²) in [7, 11) is 2.33. The SMILES string of the molecule is Cc1ccc2c3c1O[C@H]1c4nc5ccccc5c(C)c4C[C@@]4(C)[C@@H](C2)N(C)CC[C@]314. The van der Waals surface area contributed by atoms with Crippen molar-refractivity contribution in [3.8, 4) is 5.75 Å². The van der Waals surface area contributed by atoms with E-state index in [1.807, 2.05) is 0 Å². The Balaban J connectivity index is 1.61. The minimum atomic E-state index is 0.0286. The highest BCUT2D eigenvalue weighted by atomic mass is 16.5. The quantitative estimate of drug-likeness (QED) is 0.532. The van der Waals surface area contributed by atoms with Crippen LogP contribution in [-0.2, 0) is 18.3 Å². The van der Waals surface area contributed by atoms with E-state index >= 15 is 0 Å². The fraction of sp³-hybridized carbons (Fsp3) is 0.444. The number of para-hydroxylation sites is 1. The minimum absolute atomic E-state index is 0.0286.